The Morgan fingerprint density at radius 2 is 1.78 bits per heavy atom. The molecular formula is C14H10BrNO2. The Morgan fingerprint density at radius 1 is 1.06 bits per heavy atom. The van der Waals surface area contributed by atoms with Crippen molar-refractivity contribution in [1.29, 1.82) is 0 Å². The van der Waals surface area contributed by atoms with Gasteiger partial charge < -0.3 is 10.1 Å². The first-order chi connectivity index (χ1) is 8.75. The van der Waals surface area contributed by atoms with Crippen LogP contribution in [0.5, 0.6) is 0 Å². The zero-order chi connectivity index (χ0) is 12.5. The maximum Gasteiger partial charge on any atom is 0.340 e. The van der Waals surface area contributed by atoms with Crippen molar-refractivity contribution in [2.24, 2.45) is 0 Å². The van der Waals surface area contributed by atoms with E-state index in [2.05, 4.69) is 21.2 Å². The molecule has 0 fully saturated rings. The van der Waals surface area contributed by atoms with Crippen LogP contribution in [0.2, 0.25) is 0 Å². The van der Waals surface area contributed by atoms with Gasteiger partial charge in [-0.1, -0.05) is 30.3 Å². The Hall–Kier alpha value is -1.81. The lowest BCUT2D eigenvalue weighted by Gasteiger charge is -2.15. The van der Waals surface area contributed by atoms with Crippen molar-refractivity contribution in [1.82, 2.24) is 0 Å². The molecule has 0 amide bonds. The lowest BCUT2D eigenvalue weighted by molar-refractivity contribution is 0.0437. The van der Waals surface area contributed by atoms with Crippen molar-refractivity contribution in [3.05, 3.63) is 64.1 Å². The Bertz CT molecular complexity index is 612. The van der Waals surface area contributed by atoms with E-state index in [9.17, 15) is 4.79 Å². The quantitative estimate of drug-likeness (QED) is 0.859. The second-order valence-electron chi connectivity index (χ2n) is 4.00. The van der Waals surface area contributed by atoms with Gasteiger partial charge in [0.15, 0.2) is 0 Å². The standard InChI is InChI=1S/C14H10BrNO2/c15-11-7-3-4-8-12(11)16-13-9-5-1-2-6-10(9)14(17)18-13/h1-8,13,16H. The predicted octanol–water partition coefficient (Wildman–Crippen LogP) is 3.73. The number of para-hydroxylation sites is 1. The van der Waals surface area contributed by atoms with Crippen molar-refractivity contribution >= 4 is 27.6 Å². The normalized spacial score (nSPS) is 17.2. The van der Waals surface area contributed by atoms with E-state index in [4.69, 9.17) is 4.74 Å². The number of hydrogen-bond acceptors (Lipinski definition) is 3. The van der Waals surface area contributed by atoms with Gasteiger partial charge in [0.2, 0.25) is 6.23 Å². The van der Waals surface area contributed by atoms with Gasteiger partial charge in [0.25, 0.3) is 0 Å². The fourth-order valence-corrected chi connectivity index (χ4v) is 2.37. The molecule has 3 rings (SSSR count). The largest absolute Gasteiger partial charge is 0.434 e. The maximum atomic E-state index is 11.7. The minimum Gasteiger partial charge on any atom is -0.434 e. The number of benzene rings is 2. The molecule has 0 aromatic heterocycles. The molecule has 1 unspecified atom stereocenters. The van der Waals surface area contributed by atoms with Crippen LogP contribution in [0.4, 0.5) is 5.69 Å². The van der Waals surface area contributed by atoms with E-state index in [0.717, 1.165) is 15.7 Å². The maximum absolute atomic E-state index is 11.7. The van der Waals surface area contributed by atoms with Crippen LogP contribution >= 0.6 is 15.9 Å². The van der Waals surface area contributed by atoms with Crippen molar-refractivity contribution in [3.63, 3.8) is 0 Å². The summed E-state index contributed by atoms with van der Waals surface area (Å²) in [5, 5.41) is 3.21. The van der Waals surface area contributed by atoms with Crippen LogP contribution in [0.15, 0.2) is 53.0 Å². The molecule has 1 N–H and O–H groups in total. The summed E-state index contributed by atoms with van der Waals surface area (Å²) in [7, 11) is 0. The van der Waals surface area contributed by atoms with Crippen molar-refractivity contribution < 1.29 is 9.53 Å². The number of anilines is 1. The molecule has 3 nitrogen and oxygen atoms in total. The van der Waals surface area contributed by atoms with Crippen LogP contribution in [-0.4, -0.2) is 5.97 Å². The van der Waals surface area contributed by atoms with E-state index < -0.39 is 6.23 Å². The summed E-state index contributed by atoms with van der Waals surface area (Å²) in [6.45, 7) is 0. The average Bonchev–Trinajstić information content (AvgIpc) is 2.70. The van der Waals surface area contributed by atoms with Crippen LogP contribution in [-0.2, 0) is 4.74 Å². The van der Waals surface area contributed by atoms with E-state index in [1.54, 1.807) is 6.07 Å². The van der Waals surface area contributed by atoms with E-state index in [1.165, 1.54) is 0 Å². The number of rotatable bonds is 2. The van der Waals surface area contributed by atoms with Crippen molar-refractivity contribution in [2.45, 2.75) is 6.23 Å². The zero-order valence-corrected chi connectivity index (χ0v) is 11.0. The van der Waals surface area contributed by atoms with Gasteiger partial charge in [0, 0.05) is 10.0 Å². The molecule has 0 saturated carbocycles. The van der Waals surface area contributed by atoms with Crippen molar-refractivity contribution in [3.8, 4) is 0 Å². The third-order valence-corrected chi connectivity index (χ3v) is 3.54. The van der Waals surface area contributed by atoms with Gasteiger partial charge in [-0.15, -0.1) is 0 Å². The Morgan fingerprint density at radius 3 is 2.61 bits per heavy atom. The third kappa shape index (κ3) is 1.88. The number of ether oxygens (including phenoxy) is 1. The molecule has 1 aliphatic rings. The molecular weight excluding hydrogens is 294 g/mol. The molecule has 2 aromatic rings. The number of hydrogen-bond donors (Lipinski definition) is 1. The number of esters is 1. The number of carbonyl (C=O) groups excluding carboxylic acids is 1. The van der Waals surface area contributed by atoms with Crippen molar-refractivity contribution in [2.75, 3.05) is 5.32 Å². The van der Waals surface area contributed by atoms with E-state index in [0.29, 0.717) is 5.56 Å². The number of cyclic esters (lactones) is 1. The molecule has 0 saturated heterocycles. The topological polar surface area (TPSA) is 38.3 Å². The second-order valence-corrected chi connectivity index (χ2v) is 4.85. The lowest BCUT2D eigenvalue weighted by atomic mass is 10.1. The first-order valence-electron chi connectivity index (χ1n) is 5.56. The van der Waals surface area contributed by atoms with Crippen LogP contribution < -0.4 is 5.32 Å². The molecule has 0 radical (unpaired) electrons. The summed E-state index contributed by atoms with van der Waals surface area (Å²) in [5.41, 5.74) is 2.40. The summed E-state index contributed by atoms with van der Waals surface area (Å²) in [6.07, 6.45) is -0.424. The van der Waals surface area contributed by atoms with Gasteiger partial charge in [0.05, 0.1) is 11.3 Å². The minimum absolute atomic E-state index is 0.282. The predicted molar refractivity (Wildman–Crippen MR) is 72.4 cm³/mol. The van der Waals surface area contributed by atoms with Gasteiger partial charge in [0.1, 0.15) is 0 Å². The number of fused-ring (bicyclic) bond motifs is 1. The molecule has 4 heteroatoms. The smallest absolute Gasteiger partial charge is 0.340 e. The summed E-state index contributed by atoms with van der Waals surface area (Å²) in [4.78, 5) is 11.7. The van der Waals surface area contributed by atoms with Gasteiger partial charge in [-0.3, -0.25) is 0 Å². The lowest BCUT2D eigenvalue weighted by Crippen LogP contribution is -2.10. The molecule has 0 spiro atoms. The molecule has 18 heavy (non-hydrogen) atoms. The molecule has 1 atom stereocenters. The van der Waals surface area contributed by atoms with Crippen LogP contribution in [0.3, 0.4) is 0 Å². The second kappa shape index (κ2) is 4.46. The van der Waals surface area contributed by atoms with Crippen LogP contribution in [0, 0.1) is 0 Å². The highest BCUT2D eigenvalue weighted by atomic mass is 79.9. The molecule has 1 heterocycles. The zero-order valence-electron chi connectivity index (χ0n) is 9.39. The minimum atomic E-state index is -0.424. The van der Waals surface area contributed by atoms with E-state index >= 15 is 0 Å². The number of halogens is 1. The van der Waals surface area contributed by atoms with Gasteiger partial charge in [-0.25, -0.2) is 4.79 Å². The van der Waals surface area contributed by atoms with Crippen LogP contribution in [0.1, 0.15) is 22.1 Å². The number of nitrogens with one attached hydrogen (secondary N) is 1. The molecule has 2 aromatic carbocycles. The fourth-order valence-electron chi connectivity index (χ4n) is 1.97. The van der Waals surface area contributed by atoms with Gasteiger partial charge in [-0.05, 0) is 34.1 Å². The summed E-state index contributed by atoms with van der Waals surface area (Å²) in [5.74, 6) is -0.282. The SMILES string of the molecule is O=C1OC(Nc2ccccc2Br)c2ccccc21. The third-order valence-electron chi connectivity index (χ3n) is 2.85. The molecule has 0 aliphatic carbocycles. The highest BCUT2D eigenvalue weighted by Gasteiger charge is 2.30. The monoisotopic (exact) mass is 303 g/mol. The first-order valence-corrected chi connectivity index (χ1v) is 6.36. The summed E-state index contributed by atoms with van der Waals surface area (Å²) in [6, 6.07) is 15.1. The van der Waals surface area contributed by atoms with Gasteiger partial charge in [-0.2, -0.15) is 0 Å². The molecule has 0 bridgehead atoms. The first kappa shape index (κ1) is 11.3. The Labute approximate surface area is 113 Å². The van der Waals surface area contributed by atoms with E-state index in [-0.39, 0.29) is 5.97 Å². The number of carbonyl (C=O) groups is 1. The molecule has 90 valence electrons. The highest BCUT2D eigenvalue weighted by Crippen LogP contribution is 2.33. The fraction of sp³-hybridized carbons (Fsp3) is 0.0714. The Balaban J connectivity index is 1.92. The van der Waals surface area contributed by atoms with Crippen LogP contribution in [0.25, 0.3) is 0 Å². The van der Waals surface area contributed by atoms with E-state index in [1.807, 2.05) is 42.5 Å². The summed E-state index contributed by atoms with van der Waals surface area (Å²) >= 11 is 3.46. The summed E-state index contributed by atoms with van der Waals surface area (Å²) < 4.78 is 6.26. The Kier molecular flexibility index (Phi) is 2.80. The average molecular weight is 304 g/mol. The molecule has 1 aliphatic heterocycles. The highest BCUT2D eigenvalue weighted by molar-refractivity contribution is 9.10. The van der Waals surface area contributed by atoms with Gasteiger partial charge >= 0.3 is 5.97 Å².